The quantitative estimate of drug-likeness (QED) is 0.177. The molecule has 0 atom stereocenters. The second kappa shape index (κ2) is 14.0. The molecule has 5 aromatic carbocycles. The van der Waals surface area contributed by atoms with Crippen LogP contribution in [-0.2, 0) is 32.5 Å². The van der Waals surface area contributed by atoms with Crippen molar-refractivity contribution in [3.05, 3.63) is 150 Å². The topological polar surface area (TPSA) is 113 Å². The fourth-order valence-corrected chi connectivity index (χ4v) is 6.01. The van der Waals surface area contributed by atoms with Gasteiger partial charge in [-0.2, -0.15) is 0 Å². The van der Waals surface area contributed by atoms with Crippen LogP contribution in [0.15, 0.2) is 132 Å². The Hall–Kier alpha value is -5.25. The number of nitrogens with zero attached hydrogens (tertiary/aromatic N) is 1. The van der Waals surface area contributed by atoms with Crippen molar-refractivity contribution in [2.45, 2.75) is 17.9 Å². The molecular formula is C36H32N2O6S. The van der Waals surface area contributed by atoms with Crippen molar-refractivity contribution in [3.63, 3.8) is 0 Å². The van der Waals surface area contributed by atoms with E-state index in [2.05, 4.69) is 4.72 Å². The van der Waals surface area contributed by atoms with E-state index < -0.39 is 28.4 Å². The van der Waals surface area contributed by atoms with Crippen molar-refractivity contribution < 1.29 is 27.9 Å². The Balaban J connectivity index is 1.43. The smallest absolute Gasteiger partial charge is 0.341 e. The minimum absolute atomic E-state index is 0.0353. The average molecular weight is 621 g/mol. The summed E-state index contributed by atoms with van der Waals surface area (Å²) in [6, 6.07) is 37.8. The van der Waals surface area contributed by atoms with Crippen LogP contribution in [0.3, 0.4) is 0 Å². The highest BCUT2D eigenvalue weighted by Crippen LogP contribution is 2.29. The Labute approximate surface area is 262 Å². The Morgan fingerprint density at radius 2 is 1.40 bits per heavy atom. The lowest BCUT2D eigenvalue weighted by atomic mass is 9.95. The van der Waals surface area contributed by atoms with Crippen molar-refractivity contribution in [2.75, 3.05) is 18.6 Å². The molecule has 0 aliphatic carbocycles. The number of carbonyl (C=O) groups excluding carboxylic acids is 2. The summed E-state index contributed by atoms with van der Waals surface area (Å²) < 4.78 is 34.3. The SMILES string of the molecule is COC(=O)c1cc(N(Cc2ccccc2)C(=O)CNS(=O)(=O)c2ccc(-c3ccccc3)c(Cc3ccccc3)c2)ccc1O. The number of phenols is 1. The minimum atomic E-state index is -4.10. The Morgan fingerprint density at radius 3 is 2.04 bits per heavy atom. The summed E-state index contributed by atoms with van der Waals surface area (Å²) in [5, 5.41) is 10.2. The highest BCUT2D eigenvalue weighted by Gasteiger charge is 2.23. The third-order valence-corrected chi connectivity index (χ3v) is 8.70. The van der Waals surface area contributed by atoms with Crippen LogP contribution in [0.4, 0.5) is 5.69 Å². The van der Waals surface area contributed by atoms with Crippen LogP contribution < -0.4 is 9.62 Å². The molecule has 5 aromatic rings. The predicted molar refractivity (Wildman–Crippen MR) is 173 cm³/mol. The molecule has 0 fully saturated rings. The van der Waals surface area contributed by atoms with Gasteiger partial charge in [0.2, 0.25) is 15.9 Å². The van der Waals surface area contributed by atoms with Gasteiger partial charge >= 0.3 is 5.97 Å². The van der Waals surface area contributed by atoms with Gasteiger partial charge in [0, 0.05) is 5.69 Å². The van der Waals surface area contributed by atoms with Crippen LogP contribution in [0, 0.1) is 0 Å². The first-order valence-corrected chi connectivity index (χ1v) is 15.7. The molecule has 0 heterocycles. The lowest BCUT2D eigenvalue weighted by Crippen LogP contribution is -2.40. The number of methoxy groups -OCH3 is 1. The van der Waals surface area contributed by atoms with Gasteiger partial charge in [-0.25, -0.2) is 17.9 Å². The van der Waals surface area contributed by atoms with E-state index in [0.29, 0.717) is 12.1 Å². The molecule has 45 heavy (non-hydrogen) atoms. The Bertz CT molecular complexity index is 1900. The predicted octanol–water partition coefficient (Wildman–Crippen LogP) is 5.95. The molecule has 228 valence electrons. The van der Waals surface area contributed by atoms with Crippen LogP contribution >= 0.6 is 0 Å². The zero-order valence-electron chi connectivity index (χ0n) is 24.6. The number of sulfonamides is 1. The first kappa shape index (κ1) is 31.2. The van der Waals surface area contributed by atoms with Crippen LogP contribution in [0.25, 0.3) is 11.1 Å². The lowest BCUT2D eigenvalue weighted by molar-refractivity contribution is -0.117. The molecule has 0 bridgehead atoms. The van der Waals surface area contributed by atoms with Crippen molar-refractivity contribution in [2.24, 2.45) is 0 Å². The normalized spacial score (nSPS) is 11.1. The lowest BCUT2D eigenvalue weighted by Gasteiger charge is -2.24. The molecule has 0 unspecified atom stereocenters. The van der Waals surface area contributed by atoms with Crippen LogP contribution in [0.5, 0.6) is 5.75 Å². The number of nitrogens with one attached hydrogen (secondary N) is 1. The fourth-order valence-electron chi connectivity index (χ4n) is 4.99. The van der Waals surface area contributed by atoms with E-state index >= 15 is 0 Å². The van der Waals surface area contributed by atoms with Crippen molar-refractivity contribution in [3.8, 4) is 16.9 Å². The van der Waals surface area contributed by atoms with Gasteiger partial charge in [-0.05, 0) is 64.6 Å². The molecule has 0 spiro atoms. The number of hydrogen-bond donors (Lipinski definition) is 2. The number of benzene rings is 5. The van der Waals surface area contributed by atoms with E-state index in [1.165, 1.54) is 36.3 Å². The van der Waals surface area contributed by atoms with Gasteiger partial charge in [0.05, 0.1) is 25.1 Å². The number of anilines is 1. The monoisotopic (exact) mass is 620 g/mol. The third kappa shape index (κ3) is 7.64. The molecule has 0 saturated heterocycles. The molecule has 9 heteroatoms. The maximum atomic E-state index is 13.6. The summed E-state index contributed by atoms with van der Waals surface area (Å²) in [5.41, 5.74) is 4.69. The van der Waals surface area contributed by atoms with Gasteiger partial charge in [-0.15, -0.1) is 0 Å². The number of amides is 1. The molecular weight excluding hydrogens is 588 g/mol. The van der Waals surface area contributed by atoms with Crippen LogP contribution in [0.1, 0.15) is 27.0 Å². The number of aromatic hydroxyl groups is 1. The molecule has 8 nitrogen and oxygen atoms in total. The highest BCUT2D eigenvalue weighted by atomic mass is 32.2. The minimum Gasteiger partial charge on any atom is -0.507 e. The summed E-state index contributed by atoms with van der Waals surface area (Å²) in [6.45, 7) is -0.447. The molecule has 0 radical (unpaired) electrons. The van der Waals surface area contributed by atoms with E-state index in [-0.39, 0.29) is 22.8 Å². The van der Waals surface area contributed by atoms with Crippen molar-refractivity contribution >= 4 is 27.6 Å². The van der Waals surface area contributed by atoms with Gasteiger partial charge < -0.3 is 14.7 Å². The number of carbonyl (C=O) groups is 2. The molecule has 2 N–H and O–H groups in total. The number of ether oxygens (including phenoxy) is 1. The Kier molecular flexibility index (Phi) is 9.72. The van der Waals surface area contributed by atoms with E-state index in [4.69, 9.17) is 4.74 Å². The van der Waals surface area contributed by atoms with E-state index in [1.807, 2.05) is 91.0 Å². The van der Waals surface area contributed by atoms with Crippen LogP contribution in [0.2, 0.25) is 0 Å². The molecule has 0 aromatic heterocycles. The first-order valence-electron chi connectivity index (χ1n) is 14.2. The molecule has 1 amide bonds. The maximum absolute atomic E-state index is 13.6. The van der Waals surface area contributed by atoms with Gasteiger partial charge in [-0.1, -0.05) is 97.1 Å². The summed E-state index contributed by atoms with van der Waals surface area (Å²) >= 11 is 0. The van der Waals surface area contributed by atoms with Crippen molar-refractivity contribution in [1.29, 1.82) is 0 Å². The van der Waals surface area contributed by atoms with Gasteiger partial charge in [-0.3, -0.25) is 4.79 Å². The van der Waals surface area contributed by atoms with E-state index in [1.54, 1.807) is 12.1 Å². The molecule has 0 aliphatic rings. The third-order valence-electron chi connectivity index (χ3n) is 7.30. The second-order valence-corrected chi connectivity index (χ2v) is 12.1. The summed E-state index contributed by atoms with van der Waals surface area (Å²) in [6.07, 6.45) is 0.515. The van der Waals surface area contributed by atoms with Gasteiger partial charge in [0.25, 0.3) is 0 Å². The number of esters is 1. The molecule has 0 saturated carbocycles. The number of phenolic OH excluding ortho intramolecular Hbond substituents is 1. The average Bonchev–Trinajstić information content (AvgIpc) is 3.07. The zero-order valence-corrected chi connectivity index (χ0v) is 25.4. The summed E-state index contributed by atoms with van der Waals surface area (Å²) in [7, 11) is -2.91. The van der Waals surface area contributed by atoms with E-state index in [9.17, 15) is 23.1 Å². The Morgan fingerprint density at radius 1 is 0.778 bits per heavy atom. The standard InChI is InChI=1S/C36H32N2O6S/c1-44-36(41)33-23-30(17-20-34(33)39)38(25-27-13-7-3-8-14-27)35(40)24-37-45(42,43)31-18-19-32(28-15-9-4-10-16-28)29(22-31)21-26-11-5-2-6-12-26/h2-20,22-23,37,39H,21,24-25H2,1H3. The van der Waals surface area contributed by atoms with Gasteiger partial charge in [0.1, 0.15) is 11.3 Å². The number of rotatable bonds is 11. The largest absolute Gasteiger partial charge is 0.507 e. The van der Waals surface area contributed by atoms with Crippen LogP contribution in [-0.4, -0.2) is 39.1 Å². The molecule has 5 rings (SSSR count). The highest BCUT2D eigenvalue weighted by molar-refractivity contribution is 7.89. The van der Waals surface area contributed by atoms with Crippen molar-refractivity contribution in [1.82, 2.24) is 4.72 Å². The van der Waals surface area contributed by atoms with Gasteiger partial charge in [0.15, 0.2) is 0 Å². The second-order valence-electron chi connectivity index (χ2n) is 10.3. The molecule has 0 aliphatic heterocycles. The number of hydrogen-bond acceptors (Lipinski definition) is 6. The zero-order chi connectivity index (χ0) is 31.8. The summed E-state index contributed by atoms with van der Waals surface area (Å²) in [4.78, 5) is 27.2. The first-order chi connectivity index (χ1) is 21.7. The fraction of sp³-hybridized carbons (Fsp3) is 0.111. The summed E-state index contributed by atoms with van der Waals surface area (Å²) in [5.74, 6) is -1.63. The maximum Gasteiger partial charge on any atom is 0.341 e. The van der Waals surface area contributed by atoms with E-state index in [0.717, 1.165) is 27.8 Å².